The van der Waals surface area contributed by atoms with E-state index in [-0.39, 0.29) is 28.6 Å². The van der Waals surface area contributed by atoms with Crippen molar-refractivity contribution in [2.45, 2.75) is 0 Å². The lowest BCUT2D eigenvalue weighted by molar-refractivity contribution is 0.666. The van der Waals surface area contributed by atoms with Crippen molar-refractivity contribution in [3.05, 3.63) is 188 Å². The molecule has 12 rings (SSSR count). The molecule has 57 heavy (non-hydrogen) atoms. The van der Waals surface area contributed by atoms with E-state index in [1.165, 1.54) is 0 Å². The van der Waals surface area contributed by atoms with Crippen molar-refractivity contribution in [2.75, 3.05) is 0 Å². The molecule has 0 atom stereocenters. The van der Waals surface area contributed by atoms with E-state index >= 15 is 0 Å². The van der Waals surface area contributed by atoms with Gasteiger partial charge in [0.15, 0.2) is 23.1 Å². The van der Waals surface area contributed by atoms with Gasteiger partial charge in [0.25, 0.3) is 0 Å². The van der Waals surface area contributed by atoms with E-state index in [1.807, 2.05) is 54.6 Å². The summed E-state index contributed by atoms with van der Waals surface area (Å²) >= 11 is 0. The van der Waals surface area contributed by atoms with Crippen LogP contribution in [0, 0.1) is 0 Å². The molecule has 0 N–H and O–H groups in total. The zero-order valence-electron chi connectivity index (χ0n) is 39.8. The number of aromatic nitrogens is 5. The summed E-state index contributed by atoms with van der Waals surface area (Å²) in [4.78, 5) is 13.7. The van der Waals surface area contributed by atoms with Crippen LogP contribution in [-0.2, 0) is 0 Å². The van der Waals surface area contributed by atoms with Crippen LogP contribution in [0.4, 0.5) is 0 Å². The molecule has 8 aromatic carbocycles. The smallest absolute Gasteiger partial charge is 0.164 e. The Labute approximate surface area is 340 Å². The molecule has 4 heterocycles. The van der Waals surface area contributed by atoms with Gasteiger partial charge >= 0.3 is 0 Å². The van der Waals surface area contributed by atoms with Crippen LogP contribution in [0.2, 0.25) is 0 Å². The fraction of sp³-hybridized carbons (Fsp3) is 0. The van der Waals surface area contributed by atoms with Crippen molar-refractivity contribution in [1.82, 2.24) is 24.1 Å². The predicted molar refractivity (Wildman–Crippen MR) is 232 cm³/mol. The van der Waals surface area contributed by atoms with Crippen LogP contribution in [0.1, 0.15) is 13.7 Å². The molecule has 0 radical (unpaired) electrons. The summed E-state index contributed by atoms with van der Waals surface area (Å²) in [6.45, 7) is 0. The summed E-state index contributed by atoms with van der Waals surface area (Å²) in [7, 11) is 0. The SMILES string of the molecule is [2H]c1c([2H])c([2H])c(-c2nc(-c3ccc4c(c3)oc3c(-n5c6ccccc6c6cc7c(cc65)c5ccccc5n7-c5ccccc5)cccc34)nc(-c3c([2H])c([2H])c([2H])c([2H])c3[2H])n2)c([2H])c1[2H]. The molecule has 0 amide bonds. The molecule has 6 nitrogen and oxygen atoms in total. The molecule has 266 valence electrons. The Morgan fingerprint density at radius 3 is 1.60 bits per heavy atom. The minimum absolute atomic E-state index is 0.0534. The Hall–Kier alpha value is -7.83. The van der Waals surface area contributed by atoms with Gasteiger partial charge in [0, 0.05) is 54.7 Å². The standard InChI is InChI=1S/C51H31N5O/c1-4-15-32(16-5-1)49-52-50(33-17-6-2-7-18-33)54-51(53-49)34-27-28-38-39-23-14-26-44(48(39)57-47(38)29-34)56-43-25-13-11-22-37(43)41-30-45-40(31-46(41)56)36-21-10-12-24-42(36)55(45)35-19-8-3-9-20-35/h1-31H/i1D,2D,4D,5D,6D,7D,15D,16D,17D,18D. The number of nitrogens with zero attached hydrogens (tertiary/aromatic N) is 5. The van der Waals surface area contributed by atoms with Crippen LogP contribution < -0.4 is 0 Å². The van der Waals surface area contributed by atoms with Gasteiger partial charge in [-0.1, -0.05) is 133 Å². The van der Waals surface area contributed by atoms with Gasteiger partial charge in [0.1, 0.15) is 5.58 Å². The van der Waals surface area contributed by atoms with E-state index in [2.05, 4.69) is 84.7 Å². The molecule has 0 fully saturated rings. The molecule has 4 aromatic heterocycles. The highest BCUT2D eigenvalue weighted by molar-refractivity contribution is 6.20. The Kier molecular flexibility index (Phi) is 5.02. The van der Waals surface area contributed by atoms with Gasteiger partial charge in [-0.3, -0.25) is 0 Å². The van der Waals surface area contributed by atoms with Crippen LogP contribution in [0.25, 0.3) is 111 Å². The molecule has 12 aromatic rings. The Bertz CT molecular complexity index is 3980. The molecule has 0 bridgehead atoms. The second-order valence-corrected chi connectivity index (χ2v) is 13.7. The van der Waals surface area contributed by atoms with E-state index in [0.717, 1.165) is 65.8 Å². The van der Waals surface area contributed by atoms with E-state index in [9.17, 15) is 0 Å². The Balaban J connectivity index is 1.08. The summed E-state index contributed by atoms with van der Waals surface area (Å²) in [5.74, 6) is -0.742. The zero-order valence-corrected chi connectivity index (χ0v) is 29.8. The van der Waals surface area contributed by atoms with Crippen LogP contribution >= 0.6 is 0 Å². The quantitative estimate of drug-likeness (QED) is 0.176. The monoisotopic (exact) mass is 739 g/mol. The highest BCUT2D eigenvalue weighted by Gasteiger charge is 2.21. The Morgan fingerprint density at radius 1 is 0.404 bits per heavy atom. The van der Waals surface area contributed by atoms with Crippen LogP contribution in [-0.4, -0.2) is 24.1 Å². The normalized spacial score (nSPS) is 14.3. The lowest BCUT2D eigenvalue weighted by Crippen LogP contribution is -2.00. The first-order valence-corrected chi connectivity index (χ1v) is 18.3. The first-order valence-electron chi connectivity index (χ1n) is 23.3. The molecule has 0 saturated carbocycles. The number of hydrogen-bond acceptors (Lipinski definition) is 4. The number of benzene rings is 8. The van der Waals surface area contributed by atoms with Crippen molar-refractivity contribution in [1.29, 1.82) is 0 Å². The topological polar surface area (TPSA) is 61.7 Å². The fourth-order valence-electron chi connectivity index (χ4n) is 8.10. The molecular weight excluding hydrogens is 699 g/mol. The van der Waals surface area contributed by atoms with Gasteiger partial charge in [0.05, 0.1) is 41.5 Å². The molecule has 0 spiro atoms. The first kappa shape index (κ1) is 23.2. The molecule has 0 unspecified atom stereocenters. The maximum absolute atomic E-state index is 8.72. The molecular formula is C51H31N5O. The summed E-state index contributed by atoms with van der Waals surface area (Å²) in [6.07, 6.45) is 0. The van der Waals surface area contributed by atoms with Gasteiger partial charge < -0.3 is 13.6 Å². The maximum atomic E-state index is 8.72. The van der Waals surface area contributed by atoms with Gasteiger partial charge in [-0.15, -0.1) is 0 Å². The van der Waals surface area contributed by atoms with Crippen molar-refractivity contribution < 1.29 is 18.1 Å². The summed E-state index contributed by atoms with van der Waals surface area (Å²) < 4.78 is 95.9. The van der Waals surface area contributed by atoms with E-state index in [4.69, 9.17) is 18.1 Å². The third kappa shape index (κ3) is 4.87. The van der Waals surface area contributed by atoms with Crippen LogP contribution in [0.5, 0.6) is 0 Å². The van der Waals surface area contributed by atoms with Crippen molar-refractivity contribution in [3.63, 3.8) is 0 Å². The number of furan rings is 1. The van der Waals surface area contributed by atoms with Crippen molar-refractivity contribution in [3.8, 4) is 45.5 Å². The summed E-state index contributed by atoms with van der Waals surface area (Å²) in [6, 6.07) is 36.9. The fourth-order valence-corrected chi connectivity index (χ4v) is 8.10. The highest BCUT2D eigenvalue weighted by Crippen LogP contribution is 2.42. The average Bonchev–Trinajstić information content (AvgIpc) is 4.00. The van der Waals surface area contributed by atoms with Crippen molar-refractivity contribution in [2.24, 2.45) is 0 Å². The lowest BCUT2D eigenvalue weighted by Gasteiger charge is -2.09. The van der Waals surface area contributed by atoms with Gasteiger partial charge in [0.2, 0.25) is 0 Å². The largest absolute Gasteiger partial charge is 0.454 e. The lowest BCUT2D eigenvalue weighted by atomic mass is 10.1. The van der Waals surface area contributed by atoms with E-state index < -0.39 is 60.4 Å². The molecule has 0 aliphatic heterocycles. The molecule has 6 heteroatoms. The third-order valence-corrected chi connectivity index (χ3v) is 10.5. The number of fused-ring (bicyclic) bond motifs is 9. The number of para-hydroxylation sites is 4. The Morgan fingerprint density at radius 2 is 0.947 bits per heavy atom. The van der Waals surface area contributed by atoms with Gasteiger partial charge in [-0.2, -0.15) is 0 Å². The molecule has 0 saturated heterocycles. The molecule has 0 aliphatic rings. The second-order valence-electron chi connectivity index (χ2n) is 13.7. The summed E-state index contributed by atoms with van der Waals surface area (Å²) in [5.41, 5.74) is 6.78. The highest BCUT2D eigenvalue weighted by atomic mass is 16.3. The third-order valence-electron chi connectivity index (χ3n) is 10.5. The zero-order chi connectivity index (χ0) is 46.2. The van der Waals surface area contributed by atoms with Gasteiger partial charge in [-0.05, 0) is 54.6 Å². The second kappa shape index (κ2) is 12.3. The van der Waals surface area contributed by atoms with E-state index in [1.54, 1.807) is 12.1 Å². The average molecular weight is 740 g/mol. The van der Waals surface area contributed by atoms with E-state index in [0.29, 0.717) is 16.7 Å². The predicted octanol–water partition coefficient (Wildman–Crippen LogP) is 13.0. The van der Waals surface area contributed by atoms with Crippen LogP contribution in [0.3, 0.4) is 0 Å². The molecule has 0 aliphatic carbocycles. The minimum atomic E-state index is -0.617. The minimum Gasteiger partial charge on any atom is -0.454 e. The van der Waals surface area contributed by atoms with Crippen molar-refractivity contribution >= 4 is 65.6 Å². The number of rotatable bonds is 5. The number of hydrogen-bond donors (Lipinski definition) is 0. The first-order chi connectivity index (χ1) is 32.4. The maximum Gasteiger partial charge on any atom is 0.164 e. The van der Waals surface area contributed by atoms with Gasteiger partial charge in [-0.25, -0.2) is 15.0 Å². The summed E-state index contributed by atoms with van der Waals surface area (Å²) in [5, 5.41) is 5.97. The van der Waals surface area contributed by atoms with Crippen LogP contribution in [0.15, 0.2) is 192 Å².